The highest BCUT2D eigenvalue weighted by Crippen LogP contribution is 2.26. The molecular formula is C17H13NO3S. The van der Waals surface area contributed by atoms with Crippen molar-refractivity contribution in [2.45, 2.75) is 6.61 Å². The van der Waals surface area contributed by atoms with Gasteiger partial charge in [0, 0.05) is 0 Å². The number of nitrogens with one attached hydrogen (secondary N) is 1. The zero-order valence-corrected chi connectivity index (χ0v) is 12.4. The van der Waals surface area contributed by atoms with Gasteiger partial charge in [0.15, 0.2) is 0 Å². The van der Waals surface area contributed by atoms with Gasteiger partial charge in [-0.3, -0.25) is 14.9 Å². The molecule has 3 rings (SSSR count). The molecule has 0 aromatic heterocycles. The lowest BCUT2D eigenvalue weighted by Gasteiger charge is -2.07. The molecule has 1 aliphatic heterocycles. The molecule has 2 amide bonds. The number of rotatable bonds is 4. The maximum Gasteiger partial charge on any atom is 0.290 e. The van der Waals surface area contributed by atoms with Crippen LogP contribution in [-0.2, 0) is 11.4 Å². The first-order valence-corrected chi connectivity index (χ1v) is 7.54. The first kappa shape index (κ1) is 14.4. The minimum atomic E-state index is -0.356. The van der Waals surface area contributed by atoms with E-state index >= 15 is 0 Å². The summed E-state index contributed by atoms with van der Waals surface area (Å²) in [6.07, 6.45) is 1.68. The molecule has 4 nitrogen and oxygen atoms in total. The lowest BCUT2D eigenvalue weighted by atomic mass is 10.2. The van der Waals surface area contributed by atoms with E-state index in [2.05, 4.69) is 5.32 Å². The van der Waals surface area contributed by atoms with Crippen LogP contribution in [-0.4, -0.2) is 11.1 Å². The van der Waals surface area contributed by atoms with Gasteiger partial charge in [-0.15, -0.1) is 0 Å². The van der Waals surface area contributed by atoms with E-state index in [1.807, 2.05) is 54.6 Å². The Morgan fingerprint density at radius 1 is 1.05 bits per heavy atom. The van der Waals surface area contributed by atoms with E-state index in [-0.39, 0.29) is 11.1 Å². The lowest BCUT2D eigenvalue weighted by Crippen LogP contribution is -2.17. The summed E-state index contributed by atoms with van der Waals surface area (Å²) in [5.74, 6) is 0.360. The number of benzene rings is 2. The third kappa shape index (κ3) is 3.56. The number of ether oxygens (including phenoxy) is 1. The van der Waals surface area contributed by atoms with Gasteiger partial charge >= 0.3 is 0 Å². The van der Waals surface area contributed by atoms with Crippen LogP contribution >= 0.6 is 11.8 Å². The number of amides is 2. The summed E-state index contributed by atoms with van der Waals surface area (Å²) in [7, 11) is 0. The molecule has 2 aromatic rings. The van der Waals surface area contributed by atoms with E-state index in [0.717, 1.165) is 22.9 Å². The second-order valence-electron chi connectivity index (χ2n) is 4.70. The summed E-state index contributed by atoms with van der Waals surface area (Å²) in [5.41, 5.74) is 1.90. The summed E-state index contributed by atoms with van der Waals surface area (Å²) < 4.78 is 5.74. The molecule has 0 aliphatic carbocycles. The highest BCUT2D eigenvalue weighted by molar-refractivity contribution is 8.18. The zero-order chi connectivity index (χ0) is 15.4. The number of hydrogen-bond acceptors (Lipinski definition) is 4. The fourth-order valence-electron chi connectivity index (χ4n) is 2.01. The molecule has 0 spiro atoms. The Kier molecular flexibility index (Phi) is 4.25. The molecular weight excluding hydrogens is 298 g/mol. The zero-order valence-electron chi connectivity index (χ0n) is 11.6. The van der Waals surface area contributed by atoms with Crippen LogP contribution in [0.5, 0.6) is 5.75 Å². The van der Waals surface area contributed by atoms with Gasteiger partial charge in [-0.05, 0) is 41.1 Å². The molecule has 0 atom stereocenters. The predicted octanol–water partition coefficient (Wildman–Crippen LogP) is 3.59. The topological polar surface area (TPSA) is 55.4 Å². The maximum absolute atomic E-state index is 11.5. The Balaban J connectivity index is 1.71. The monoisotopic (exact) mass is 311 g/mol. The summed E-state index contributed by atoms with van der Waals surface area (Å²) >= 11 is 0.905. The van der Waals surface area contributed by atoms with Crippen LogP contribution in [0.15, 0.2) is 59.5 Å². The van der Waals surface area contributed by atoms with Crippen LogP contribution in [0.2, 0.25) is 0 Å². The fraction of sp³-hybridized carbons (Fsp3) is 0.0588. The first-order valence-electron chi connectivity index (χ1n) is 6.72. The Morgan fingerprint density at radius 3 is 2.59 bits per heavy atom. The van der Waals surface area contributed by atoms with E-state index in [0.29, 0.717) is 17.3 Å². The molecule has 1 aliphatic rings. The largest absolute Gasteiger partial charge is 0.489 e. The Bertz CT molecular complexity index is 741. The van der Waals surface area contributed by atoms with Gasteiger partial charge < -0.3 is 4.74 Å². The first-order chi connectivity index (χ1) is 10.7. The highest BCUT2D eigenvalue weighted by Gasteiger charge is 2.24. The average molecular weight is 311 g/mol. The predicted molar refractivity (Wildman–Crippen MR) is 86.3 cm³/mol. The van der Waals surface area contributed by atoms with Gasteiger partial charge in [0.1, 0.15) is 12.4 Å². The van der Waals surface area contributed by atoms with Gasteiger partial charge in [0.25, 0.3) is 11.1 Å². The van der Waals surface area contributed by atoms with Crippen molar-refractivity contribution in [3.63, 3.8) is 0 Å². The van der Waals surface area contributed by atoms with Crippen molar-refractivity contribution >= 4 is 29.0 Å². The fourth-order valence-corrected chi connectivity index (χ4v) is 2.69. The van der Waals surface area contributed by atoms with E-state index in [9.17, 15) is 9.59 Å². The van der Waals surface area contributed by atoms with Crippen molar-refractivity contribution in [2.24, 2.45) is 0 Å². The molecule has 1 heterocycles. The lowest BCUT2D eigenvalue weighted by molar-refractivity contribution is -0.115. The Hall–Kier alpha value is -2.53. The third-order valence-electron chi connectivity index (χ3n) is 3.05. The molecule has 0 unspecified atom stereocenters. The van der Waals surface area contributed by atoms with Crippen molar-refractivity contribution in [2.75, 3.05) is 0 Å². The van der Waals surface area contributed by atoms with Crippen LogP contribution in [0.25, 0.3) is 6.08 Å². The van der Waals surface area contributed by atoms with E-state index in [4.69, 9.17) is 4.74 Å². The molecule has 1 N–H and O–H groups in total. The number of thioether (sulfide) groups is 1. The van der Waals surface area contributed by atoms with Crippen molar-refractivity contribution in [1.29, 1.82) is 0 Å². The minimum Gasteiger partial charge on any atom is -0.489 e. The summed E-state index contributed by atoms with van der Waals surface area (Å²) in [4.78, 5) is 23.1. The molecule has 1 saturated heterocycles. The van der Waals surface area contributed by atoms with Gasteiger partial charge in [0.05, 0.1) is 4.91 Å². The minimum absolute atomic E-state index is 0.340. The van der Waals surface area contributed by atoms with Crippen molar-refractivity contribution in [3.05, 3.63) is 70.6 Å². The van der Waals surface area contributed by atoms with Crippen molar-refractivity contribution in [3.8, 4) is 5.75 Å². The summed E-state index contributed by atoms with van der Waals surface area (Å²) in [5, 5.41) is 1.89. The number of carbonyl (C=O) groups is 2. The Labute approximate surface area is 132 Å². The van der Waals surface area contributed by atoms with Gasteiger partial charge in [-0.1, -0.05) is 42.5 Å². The molecule has 1 fully saturated rings. The molecule has 0 saturated carbocycles. The van der Waals surface area contributed by atoms with Crippen LogP contribution < -0.4 is 10.1 Å². The van der Waals surface area contributed by atoms with Crippen LogP contribution in [0.1, 0.15) is 11.1 Å². The Morgan fingerprint density at radius 2 is 1.86 bits per heavy atom. The second kappa shape index (κ2) is 6.49. The van der Waals surface area contributed by atoms with E-state index in [1.54, 1.807) is 6.08 Å². The van der Waals surface area contributed by atoms with Crippen molar-refractivity contribution < 1.29 is 14.3 Å². The molecule has 22 heavy (non-hydrogen) atoms. The van der Waals surface area contributed by atoms with Crippen LogP contribution in [0.4, 0.5) is 4.79 Å². The van der Waals surface area contributed by atoms with Gasteiger partial charge in [-0.2, -0.15) is 0 Å². The van der Waals surface area contributed by atoms with E-state index < -0.39 is 0 Å². The normalized spacial score (nSPS) is 15.9. The number of carbonyl (C=O) groups excluding carboxylic acids is 2. The SMILES string of the molecule is O=C1NC(=O)C(=Cc2cccc(OCc3ccccc3)c2)S1. The smallest absolute Gasteiger partial charge is 0.290 e. The average Bonchev–Trinajstić information content (AvgIpc) is 2.84. The number of hydrogen-bond donors (Lipinski definition) is 1. The number of imide groups is 1. The van der Waals surface area contributed by atoms with Crippen molar-refractivity contribution in [1.82, 2.24) is 5.32 Å². The summed E-state index contributed by atoms with van der Waals surface area (Å²) in [6.45, 7) is 0.481. The second-order valence-corrected chi connectivity index (χ2v) is 5.71. The van der Waals surface area contributed by atoms with Crippen LogP contribution in [0, 0.1) is 0 Å². The molecule has 0 bridgehead atoms. The van der Waals surface area contributed by atoms with Gasteiger partial charge in [-0.25, -0.2) is 0 Å². The molecule has 2 aromatic carbocycles. The highest BCUT2D eigenvalue weighted by atomic mass is 32.2. The quantitative estimate of drug-likeness (QED) is 0.877. The maximum atomic E-state index is 11.5. The standard InChI is InChI=1S/C17H13NO3S/c19-16-15(22-17(20)18-16)10-13-7-4-8-14(9-13)21-11-12-5-2-1-3-6-12/h1-10H,11H2,(H,18,19,20). The van der Waals surface area contributed by atoms with Crippen LogP contribution in [0.3, 0.4) is 0 Å². The van der Waals surface area contributed by atoms with Gasteiger partial charge in [0.2, 0.25) is 0 Å². The third-order valence-corrected chi connectivity index (χ3v) is 3.86. The molecule has 110 valence electrons. The van der Waals surface area contributed by atoms with E-state index in [1.165, 1.54) is 0 Å². The molecule has 0 radical (unpaired) electrons. The molecule has 5 heteroatoms. The summed E-state index contributed by atoms with van der Waals surface area (Å²) in [6, 6.07) is 17.3.